The number of hydrogen-bond donors (Lipinski definition) is 2. The van der Waals surface area contributed by atoms with Crippen molar-refractivity contribution in [2.24, 2.45) is 5.41 Å². The number of carbonyl (C=O) groups is 1. The molecule has 0 saturated heterocycles. The Kier molecular flexibility index (Phi) is 3.48. The molecule has 1 aromatic carbocycles. The molecule has 3 heteroatoms. The Bertz CT molecular complexity index is 438. The van der Waals surface area contributed by atoms with Gasteiger partial charge in [0.15, 0.2) is 0 Å². The second kappa shape index (κ2) is 4.73. The molecule has 17 heavy (non-hydrogen) atoms. The number of amides is 1. The first-order chi connectivity index (χ1) is 8.06. The van der Waals surface area contributed by atoms with Crippen molar-refractivity contribution in [3.63, 3.8) is 0 Å². The van der Waals surface area contributed by atoms with E-state index in [-0.39, 0.29) is 5.91 Å². The molecule has 0 unspecified atom stereocenters. The molecule has 0 radical (unpaired) electrons. The summed E-state index contributed by atoms with van der Waals surface area (Å²) in [5.41, 5.74) is 2.13. The molecule has 1 saturated carbocycles. The fraction of sp³-hybridized carbons (Fsp3) is 0.500. The summed E-state index contributed by atoms with van der Waals surface area (Å²) >= 11 is 4.27. The van der Waals surface area contributed by atoms with Crippen LogP contribution < -0.4 is 5.32 Å². The molecule has 0 atom stereocenters. The van der Waals surface area contributed by atoms with E-state index >= 15 is 0 Å². The van der Waals surface area contributed by atoms with E-state index in [0.717, 1.165) is 29.0 Å². The molecule has 0 bridgehead atoms. The van der Waals surface area contributed by atoms with E-state index in [0.29, 0.717) is 5.41 Å². The van der Waals surface area contributed by atoms with Gasteiger partial charge in [-0.3, -0.25) is 4.79 Å². The summed E-state index contributed by atoms with van der Waals surface area (Å²) in [5.74, 6) is 0.0260. The summed E-state index contributed by atoms with van der Waals surface area (Å²) in [7, 11) is 0. The van der Waals surface area contributed by atoms with Gasteiger partial charge in [-0.25, -0.2) is 0 Å². The highest BCUT2D eigenvalue weighted by Crippen LogP contribution is 2.47. The van der Waals surface area contributed by atoms with Crippen molar-refractivity contribution in [3.05, 3.63) is 29.3 Å². The van der Waals surface area contributed by atoms with Crippen molar-refractivity contribution in [1.82, 2.24) is 5.32 Å². The summed E-state index contributed by atoms with van der Waals surface area (Å²) in [5, 5.41) is 3.05. The number of benzene rings is 1. The fourth-order valence-corrected chi connectivity index (χ4v) is 2.25. The maximum absolute atomic E-state index is 12.1. The lowest BCUT2D eigenvalue weighted by molar-refractivity contribution is 0.0943. The molecule has 0 aliphatic heterocycles. The molecule has 1 aromatic rings. The molecule has 0 spiro atoms. The zero-order chi connectivity index (χ0) is 12.5. The third-order valence-corrected chi connectivity index (χ3v) is 4.08. The van der Waals surface area contributed by atoms with Gasteiger partial charge in [0, 0.05) is 17.0 Å². The van der Waals surface area contributed by atoms with Crippen LogP contribution in [0, 0.1) is 12.3 Å². The zero-order valence-electron chi connectivity index (χ0n) is 10.4. The van der Waals surface area contributed by atoms with E-state index in [9.17, 15) is 4.79 Å². The van der Waals surface area contributed by atoms with Gasteiger partial charge in [0.2, 0.25) is 0 Å². The molecular weight excluding hydrogens is 230 g/mol. The molecule has 1 fully saturated rings. The number of aryl methyl sites for hydroxylation is 1. The molecule has 0 heterocycles. The van der Waals surface area contributed by atoms with Crippen LogP contribution in [0.2, 0.25) is 0 Å². The lowest BCUT2D eigenvalue weighted by Gasteiger charge is -2.14. The van der Waals surface area contributed by atoms with Gasteiger partial charge in [-0.15, -0.1) is 12.6 Å². The molecular formula is C14H19NOS. The fourth-order valence-electron chi connectivity index (χ4n) is 2.05. The van der Waals surface area contributed by atoms with Crippen LogP contribution in [0.5, 0.6) is 0 Å². The summed E-state index contributed by atoms with van der Waals surface area (Å²) in [4.78, 5) is 12.9. The SMILES string of the molecule is CCC1(CNC(=O)c2cc(S)ccc2C)CC1. The van der Waals surface area contributed by atoms with Gasteiger partial charge in [-0.2, -0.15) is 0 Å². The van der Waals surface area contributed by atoms with Crippen LogP contribution in [0.3, 0.4) is 0 Å². The smallest absolute Gasteiger partial charge is 0.251 e. The highest BCUT2D eigenvalue weighted by Gasteiger charge is 2.40. The third-order valence-electron chi connectivity index (χ3n) is 3.80. The summed E-state index contributed by atoms with van der Waals surface area (Å²) in [6.45, 7) is 4.95. The minimum Gasteiger partial charge on any atom is -0.351 e. The van der Waals surface area contributed by atoms with E-state index in [1.165, 1.54) is 12.8 Å². The first kappa shape index (κ1) is 12.5. The predicted octanol–water partition coefficient (Wildman–Crippen LogP) is 3.20. The molecule has 1 aliphatic carbocycles. The molecule has 2 rings (SSSR count). The van der Waals surface area contributed by atoms with Crippen LogP contribution in [-0.4, -0.2) is 12.5 Å². The third kappa shape index (κ3) is 2.83. The number of rotatable bonds is 4. The van der Waals surface area contributed by atoms with Crippen LogP contribution in [0.1, 0.15) is 42.1 Å². The number of hydrogen-bond acceptors (Lipinski definition) is 2. The maximum Gasteiger partial charge on any atom is 0.251 e. The molecule has 1 aliphatic rings. The highest BCUT2D eigenvalue weighted by atomic mass is 32.1. The van der Waals surface area contributed by atoms with Gasteiger partial charge in [0.05, 0.1) is 0 Å². The Morgan fingerprint density at radius 2 is 2.18 bits per heavy atom. The van der Waals surface area contributed by atoms with Gasteiger partial charge >= 0.3 is 0 Å². The first-order valence-electron chi connectivity index (χ1n) is 6.14. The van der Waals surface area contributed by atoms with Gasteiger partial charge in [-0.1, -0.05) is 13.0 Å². The Balaban J connectivity index is 2.02. The van der Waals surface area contributed by atoms with Crippen molar-refractivity contribution in [2.45, 2.75) is 38.0 Å². The first-order valence-corrected chi connectivity index (χ1v) is 6.59. The number of nitrogens with one attached hydrogen (secondary N) is 1. The van der Waals surface area contributed by atoms with E-state index in [2.05, 4.69) is 24.9 Å². The standard InChI is InChI=1S/C14H19NOS/c1-3-14(6-7-14)9-15-13(16)12-8-11(17)5-4-10(12)2/h4-5,8,17H,3,6-7,9H2,1-2H3,(H,15,16). The lowest BCUT2D eigenvalue weighted by Crippen LogP contribution is -2.30. The summed E-state index contributed by atoms with van der Waals surface area (Å²) in [6, 6.07) is 5.67. The largest absolute Gasteiger partial charge is 0.351 e. The van der Waals surface area contributed by atoms with E-state index in [1.807, 2.05) is 25.1 Å². The Morgan fingerprint density at radius 1 is 1.47 bits per heavy atom. The lowest BCUT2D eigenvalue weighted by atomic mass is 10.0. The normalized spacial score (nSPS) is 16.6. The van der Waals surface area contributed by atoms with Crippen molar-refractivity contribution in [2.75, 3.05) is 6.54 Å². The van der Waals surface area contributed by atoms with E-state index < -0.39 is 0 Å². The van der Waals surface area contributed by atoms with Crippen molar-refractivity contribution in [3.8, 4) is 0 Å². The van der Waals surface area contributed by atoms with Crippen molar-refractivity contribution in [1.29, 1.82) is 0 Å². The van der Waals surface area contributed by atoms with Crippen molar-refractivity contribution < 1.29 is 4.79 Å². The van der Waals surface area contributed by atoms with E-state index in [1.54, 1.807) is 0 Å². The second-order valence-electron chi connectivity index (χ2n) is 5.04. The zero-order valence-corrected chi connectivity index (χ0v) is 11.3. The van der Waals surface area contributed by atoms with Crippen LogP contribution in [-0.2, 0) is 0 Å². The minimum absolute atomic E-state index is 0.0260. The highest BCUT2D eigenvalue weighted by molar-refractivity contribution is 7.80. The quantitative estimate of drug-likeness (QED) is 0.788. The van der Waals surface area contributed by atoms with Gasteiger partial charge in [0.1, 0.15) is 0 Å². The average Bonchev–Trinajstić information content (AvgIpc) is 3.10. The minimum atomic E-state index is 0.0260. The molecule has 1 amide bonds. The van der Waals surface area contributed by atoms with Crippen molar-refractivity contribution >= 4 is 18.5 Å². The monoisotopic (exact) mass is 249 g/mol. The maximum atomic E-state index is 12.1. The molecule has 2 nitrogen and oxygen atoms in total. The Morgan fingerprint density at radius 3 is 2.76 bits per heavy atom. The number of thiol groups is 1. The Labute approximate surface area is 108 Å². The number of carbonyl (C=O) groups excluding carboxylic acids is 1. The van der Waals surface area contributed by atoms with Gasteiger partial charge in [0.25, 0.3) is 5.91 Å². The topological polar surface area (TPSA) is 29.1 Å². The van der Waals surface area contributed by atoms with Crippen LogP contribution in [0.15, 0.2) is 23.1 Å². The van der Waals surface area contributed by atoms with Crippen LogP contribution in [0.4, 0.5) is 0 Å². The van der Waals surface area contributed by atoms with Crippen LogP contribution >= 0.6 is 12.6 Å². The summed E-state index contributed by atoms with van der Waals surface area (Å²) in [6.07, 6.45) is 3.64. The average molecular weight is 249 g/mol. The predicted molar refractivity (Wildman–Crippen MR) is 72.7 cm³/mol. The second-order valence-corrected chi connectivity index (χ2v) is 5.55. The Hall–Kier alpha value is -0.960. The van der Waals surface area contributed by atoms with Crippen LogP contribution in [0.25, 0.3) is 0 Å². The molecule has 0 aromatic heterocycles. The molecule has 92 valence electrons. The van der Waals surface area contributed by atoms with Gasteiger partial charge < -0.3 is 5.32 Å². The molecule has 1 N–H and O–H groups in total. The van der Waals surface area contributed by atoms with Gasteiger partial charge in [-0.05, 0) is 49.3 Å². The summed E-state index contributed by atoms with van der Waals surface area (Å²) < 4.78 is 0. The van der Waals surface area contributed by atoms with E-state index in [4.69, 9.17) is 0 Å².